The highest BCUT2D eigenvalue weighted by Crippen LogP contribution is 2.32. The fraction of sp³-hybridized carbons (Fsp3) is 0.625. The van der Waals surface area contributed by atoms with Crippen LogP contribution in [0.3, 0.4) is 0 Å². The number of hydrogen-bond donors (Lipinski definition) is 0. The first-order valence-electron chi connectivity index (χ1n) is 7.73. The van der Waals surface area contributed by atoms with Gasteiger partial charge in [0.2, 0.25) is 5.91 Å². The molecular weight excluding hydrogens is 266 g/mol. The first-order chi connectivity index (χ1) is 10.3. The zero-order valence-electron chi connectivity index (χ0n) is 12.6. The molecule has 2 heterocycles. The average Bonchev–Trinajstić information content (AvgIpc) is 3.33. The Kier molecular flexibility index (Phi) is 4.39. The van der Waals surface area contributed by atoms with Crippen LogP contribution in [0.1, 0.15) is 24.8 Å². The summed E-state index contributed by atoms with van der Waals surface area (Å²) in [6, 6.07) is 4.04. The van der Waals surface area contributed by atoms with Gasteiger partial charge >= 0.3 is 0 Å². The summed E-state index contributed by atoms with van der Waals surface area (Å²) in [6.45, 7) is 3.86. The molecule has 0 radical (unpaired) electrons. The molecular formula is C16H23N3O2. The second kappa shape index (κ2) is 6.43. The third-order valence-electron chi connectivity index (χ3n) is 4.22. The molecule has 1 aliphatic heterocycles. The van der Waals surface area contributed by atoms with Crippen LogP contribution in [0.15, 0.2) is 18.3 Å². The maximum atomic E-state index is 12.3. The van der Waals surface area contributed by atoms with Crippen LogP contribution in [0.5, 0.6) is 0 Å². The molecule has 1 fully saturated rings. The van der Waals surface area contributed by atoms with E-state index >= 15 is 0 Å². The van der Waals surface area contributed by atoms with Crippen molar-refractivity contribution in [1.82, 2.24) is 9.88 Å². The fourth-order valence-corrected chi connectivity index (χ4v) is 2.82. The monoisotopic (exact) mass is 289 g/mol. The molecule has 1 aromatic rings. The van der Waals surface area contributed by atoms with Gasteiger partial charge in [-0.25, -0.2) is 4.98 Å². The van der Waals surface area contributed by atoms with E-state index in [0.29, 0.717) is 19.6 Å². The summed E-state index contributed by atoms with van der Waals surface area (Å²) in [7, 11) is 1.63. The number of hydrogen-bond acceptors (Lipinski definition) is 4. The Labute approximate surface area is 125 Å². The molecule has 0 saturated heterocycles. The van der Waals surface area contributed by atoms with Crippen molar-refractivity contribution in [2.45, 2.75) is 25.8 Å². The molecule has 5 heteroatoms. The summed E-state index contributed by atoms with van der Waals surface area (Å²) >= 11 is 0. The van der Waals surface area contributed by atoms with E-state index in [9.17, 15) is 4.79 Å². The Balaban J connectivity index is 1.74. The number of anilines is 1. The van der Waals surface area contributed by atoms with Crippen molar-refractivity contribution >= 4 is 11.7 Å². The van der Waals surface area contributed by atoms with Crippen LogP contribution in [-0.4, -0.2) is 49.1 Å². The second-order valence-corrected chi connectivity index (χ2v) is 5.93. The van der Waals surface area contributed by atoms with Crippen molar-refractivity contribution in [1.29, 1.82) is 0 Å². The van der Waals surface area contributed by atoms with Crippen LogP contribution < -0.4 is 4.90 Å². The molecule has 0 N–H and O–H groups in total. The minimum atomic E-state index is 0.167. The van der Waals surface area contributed by atoms with Crippen LogP contribution in [0, 0.1) is 5.92 Å². The van der Waals surface area contributed by atoms with Gasteiger partial charge in [0.1, 0.15) is 5.82 Å². The maximum absolute atomic E-state index is 12.3. The van der Waals surface area contributed by atoms with Gasteiger partial charge in [-0.05, 0) is 24.8 Å². The molecule has 21 heavy (non-hydrogen) atoms. The van der Waals surface area contributed by atoms with E-state index in [1.165, 1.54) is 12.8 Å². The van der Waals surface area contributed by atoms with E-state index < -0.39 is 0 Å². The van der Waals surface area contributed by atoms with Crippen molar-refractivity contribution in [3.8, 4) is 0 Å². The van der Waals surface area contributed by atoms with Gasteiger partial charge in [-0.2, -0.15) is 0 Å². The number of rotatable bonds is 5. The predicted octanol–water partition coefficient (Wildman–Crippen LogP) is 1.68. The van der Waals surface area contributed by atoms with Gasteiger partial charge in [0.15, 0.2) is 0 Å². The van der Waals surface area contributed by atoms with Crippen LogP contribution in [-0.2, 0) is 16.1 Å². The summed E-state index contributed by atoms with van der Waals surface area (Å²) in [5, 5.41) is 0. The number of ether oxygens (including phenoxy) is 1. The SMILES string of the molecule is COCCC(=O)N1CCN(CC2CC2)c2ncccc2C1. The van der Waals surface area contributed by atoms with Crippen molar-refractivity contribution in [2.75, 3.05) is 38.3 Å². The molecule has 114 valence electrons. The molecule has 0 spiro atoms. The molecule has 3 rings (SSSR count). The van der Waals surface area contributed by atoms with Gasteiger partial charge in [-0.3, -0.25) is 4.79 Å². The number of carbonyl (C=O) groups is 1. The van der Waals surface area contributed by atoms with E-state index in [0.717, 1.165) is 36.9 Å². The number of methoxy groups -OCH3 is 1. The quantitative estimate of drug-likeness (QED) is 0.827. The van der Waals surface area contributed by atoms with Gasteiger partial charge < -0.3 is 14.5 Å². The Morgan fingerprint density at radius 3 is 3.05 bits per heavy atom. The summed E-state index contributed by atoms with van der Waals surface area (Å²) in [4.78, 5) is 21.1. The van der Waals surface area contributed by atoms with Crippen molar-refractivity contribution in [3.05, 3.63) is 23.9 Å². The van der Waals surface area contributed by atoms with Gasteiger partial charge in [0.25, 0.3) is 0 Å². The summed E-state index contributed by atoms with van der Waals surface area (Å²) in [6.07, 6.45) is 4.96. The van der Waals surface area contributed by atoms with Crippen LogP contribution >= 0.6 is 0 Å². The number of nitrogens with zero attached hydrogens (tertiary/aromatic N) is 3. The molecule has 1 saturated carbocycles. The minimum Gasteiger partial charge on any atom is -0.384 e. The first-order valence-corrected chi connectivity index (χ1v) is 7.73. The number of fused-ring (bicyclic) bond motifs is 1. The molecule has 0 atom stereocenters. The third kappa shape index (κ3) is 3.53. The lowest BCUT2D eigenvalue weighted by Crippen LogP contribution is -2.36. The highest BCUT2D eigenvalue weighted by molar-refractivity contribution is 5.76. The zero-order valence-corrected chi connectivity index (χ0v) is 12.6. The lowest BCUT2D eigenvalue weighted by atomic mass is 10.2. The summed E-state index contributed by atoms with van der Waals surface area (Å²) in [5.41, 5.74) is 1.15. The summed E-state index contributed by atoms with van der Waals surface area (Å²) < 4.78 is 5.02. The summed E-state index contributed by atoms with van der Waals surface area (Å²) in [5.74, 6) is 2.04. The van der Waals surface area contributed by atoms with E-state index in [1.807, 2.05) is 17.2 Å². The predicted molar refractivity (Wildman–Crippen MR) is 81.1 cm³/mol. The Bertz CT molecular complexity index is 502. The number of amides is 1. The highest BCUT2D eigenvalue weighted by Gasteiger charge is 2.29. The number of aromatic nitrogens is 1. The smallest absolute Gasteiger partial charge is 0.225 e. The standard InChI is InChI=1S/C16H23N3O2/c1-21-10-6-15(20)18-8-9-19(11-13-4-5-13)16-14(12-18)3-2-7-17-16/h2-3,7,13H,4-6,8-12H2,1H3. The largest absolute Gasteiger partial charge is 0.384 e. The van der Waals surface area contributed by atoms with Crippen molar-refractivity contribution in [3.63, 3.8) is 0 Å². The van der Waals surface area contributed by atoms with Gasteiger partial charge in [0, 0.05) is 45.0 Å². The normalized spacial score (nSPS) is 18.3. The van der Waals surface area contributed by atoms with Crippen molar-refractivity contribution in [2.24, 2.45) is 5.92 Å². The molecule has 1 amide bonds. The Hall–Kier alpha value is -1.62. The molecule has 2 aliphatic rings. The van der Waals surface area contributed by atoms with Gasteiger partial charge in [-0.1, -0.05) is 6.07 Å². The van der Waals surface area contributed by atoms with E-state index in [2.05, 4.69) is 16.0 Å². The molecule has 0 unspecified atom stereocenters. The van der Waals surface area contributed by atoms with Crippen LogP contribution in [0.4, 0.5) is 5.82 Å². The van der Waals surface area contributed by atoms with E-state index in [4.69, 9.17) is 4.74 Å². The van der Waals surface area contributed by atoms with E-state index in [1.54, 1.807) is 7.11 Å². The minimum absolute atomic E-state index is 0.167. The fourth-order valence-electron chi connectivity index (χ4n) is 2.82. The van der Waals surface area contributed by atoms with E-state index in [-0.39, 0.29) is 5.91 Å². The molecule has 1 aromatic heterocycles. The third-order valence-corrected chi connectivity index (χ3v) is 4.22. The zero-order chi connectivity index (χ0) is 14.7. The lowest BCUT2D eigenvalue weighted by Gasteiger charge is -2.23. The van der Waals surface area contributed by atoms with Crippen molar-refractivity contribution < 1.29 is 9.53 Å². The highest BCUT2D eigenvalue weighted by atomic mass is 16.5. The topological polar surface area (TPSA) is 45.7 Å². The Morgan fingerprint density at radius 2 is 2.29 bits per heavy atom. The number of carbonyl (C=O) groups excluding carboxylic acids is 1. The second-order valence-electron chi connectivity index (χ2n) is 5.93. The lowest BCUT2D eigenvalue weighted by molar-refractivity contribution is -0.132. The van der Waals surface area contributed by atoms with Crippen LogP contribution in [0.2, 0.25) is 0 Å². The molecule has 5 nitrogen and oxygen atoms in total. The maximum Gasteiger partial charge on any atom is 0.225 e. The molecule has 1 aliphatic carbocycles. The van der Waals surface area contributed by atoms with Gasteiger partial charge in [0.05, 0.1) is 13.0 Å². The van der Waals surface area contributed by atoms with Gasteiger partial charge in [-0.15, -0.1) is 0 Å². The molecule has 0 aromatic carbocycles. The Morgan fingerprint density at radius 1 is 1.43 bits per heavy atom. The number of pyridine rings is 1. The molecule has 0 bridgehead atoms. The van der Waals surface area contributed by atoms with Crippen LogP contribution in [0.25, 0.3) is 0 Å². The first kappa shape index (κ1) is 14.3. The average molecular weight is 289 g/mol.